The van der Waals surface area contributed by atoms with E-state index >= 15 is 0 Å². The summed E-state index contributed by atoms with van der Waals surface area (Å²) in [6.45, 7) is 1.64. The summed E-state index contributed by atoms with van der Waals surface area (Å²) in [5, 5.41) is 0. The molecular formula is C9H7BrF3N3. The lowest BCUT2D eigenvalue weighted by molar-refractivity contribution is -0.138. The third kappa shape index (κ3) is 1.64. The summed E-state index contributed by atoms with van der Waals surface area (Å²) in [6.07, 6.45) is -3.14. The second kappa shape index (κ2) is 3.38. The lowest BCUT2D eigenvalue weighted by Gasteiger charge is -2.09. The number of halogens is 4. The fourth-order valence-electron chi connectivity index (χ4n) is 1.42. The lowest BCUT2D eigenvalue weighted by Crippen LogP contribution is -2.07. The molecule has 86 valence electrons. The molecule has 0 radical (unpaired) electrons. The largest absolute Gasteiger partial charge is 0.417 e. The zero-order valence-electron chi connectivity index (χ0n) is 8.14. The van der Waals surface area contributed by atoms with Crippen LogP contribution in [0.15, 0.2) is 16.7 Å². The number of rotatable bonds is 0. The molecule has 2 N–H and O–H groups in total. The van der Waals surface area contributed by atoms with E-state index in [1.54, 1.807) is 6.92 Å². The van der Waals surface area contributed by atoms with Crippen molar-refractivity contribution in [2.45, 2.75) is 13.1 Å². The number of nitrogens with two attached hydrogens (primary N) is 1. The predicted octanol–water partition coefficient (Wildman–Crippen LogP) is 3.01. The molecule has 0 amide bonds. The van der Waals surface area contributed by atoms with Crippen molar-refractivity contribution in [3.05, 3.63) is 28.0 Å². The van der Waals surface area contributed by atoms with Crippen LogP contribution in [-0.2, 0) is 6.18 Å². The highest BCUT2D eigenvalue weighted by Crippen LogP contribution is 2.35. The van der Waals surface area contributed by atoms with E-state index in [0.717, 1.165) is 6.07 Å². The SMILES string of the molecule is Cc1nc2cc(C(F)(F)F)c(Br)cn2c1N. The number of aromatic nitrogens is 2. The molecule has 2 aromatic rings. The van der Waals surface area contributed by atoms with Gasteiger partial charge in [-0.05, 0) is 28.9 Å². The molecule has 3 nitrogen and oxygen atoms in total. The van der Waals surface area contributed by atoms with Crippen molar-refractivity contribution in [1.29, 1.82) is 0 Å². The first-order chi connectivity index (χ1) is 7.30. The van der Waals surface area contributed by atoms with Crippen LogP contribution in [0.4, 0.5) is 19.0 Å². The third-order valence-corrected chi connectivity index (χ3v) is 2.87. The normalized spacial score (nSPS) is 12.3. The Bertz CT molecular complexity index is 559. The number of aryl methyl sites for hydroxylation is 1. The first-order valence-electron chi connectivity index (χ1n) is 4.31. The summed E-state index contributed by atoms with van der Waals surface area (Å²) in [4.78, 5) is 3.95. The second-order valence-corrected chi connectivity index (χ2v) is 4.20. The van der Waals surface area contributed by atoms with E-state index in [0.29, 0.717) is 11.5 Å². The van der Waals surface area contributed by atoms with Gasteiger partial charge in [0.25, 0.3) is 0 Å². The molecule has 2 heterocycles. The van der Waals surface area contributed by atoms with Crippen LogP contribution in [-0.4, -0.2) is 9.38 Å². The van der Waals surface area contributed by atoms with Crippen LogP contribution in [0.5, 0.6) is 0 Å². The van der Waals surface area contributed by atoms with Gasteiger partial charge in [0.2, 0.25) is 0 Å². The van der Waals surface area contributed by atoms with E-state index in [9.17, 15) is 13.2 Å². The second-order valence-electron chi connectivity index (χ2n) is 3.34. The van der Waals surface area contributed by atoms with Crippen molar-refractivity contribution in [1.82, 2.24) is 9.38 Å². The minimum atomic E-state index is -4.41. The van der Waals surface area contributed by atoms with Crippen molar-refractivity contribution in [3.63, 3.8) is 0 Å². The molecule has 0 fully saturated rings. The number of pyridine rings is 1. The number of imidazole rings is 1. The van der Waals surface area contributed by atoms with Gasteiger partial charge in [0.05, 0.1) is 11.3 Å². The number of nitrogen functional groups attached to an aromatic ring is 1. The van der Waals surface area contributed by atoms with Gasteiger partial charge in [0.1, 0.15) is 11.5 Å². The Labute approximate surface area is 97.2 Å². The molecule has 2 rings (SSSR count). The number of hydrogen-bond acceptors (Lipinski definition) is 2. The summed E-state index contributed by atoms with van der Waals surface area (Å²) in [7, 11) is 0. The summed E-state index contributed by atoms with van der Waals surface area (Å²) < 4.78 is 39.1. The molecule has 0 saturated heterocycles. The number of anilines is 1. The fourth-order valence-corrected chi connectivity index (χ4v) is 1.96. The van der Waals surface area contributed by atoms with E-state index in [-0.39, 0.29) is 10.1 Å². The Morgan fingerprint density at radius 2 is 2.06 bits per heavy atom. The van der Waals surface area contributed by atoms with Crippen LogP contribution < -0.4 is 5.73 Å². The number of alkyl halides is 3. The van der Waals surface area contributed by atoms with E-state index in [1.165, 1.54) is 10.6 Å². The Kier molecular flexibility index (Phi) is 2.37. The van der Waals surface area contributed by atoms with Gasteiger partial charge in [0, 0.05) is 10.7 Å². The van der Waals surface area contributed by atoms with Crippen molar-refractivity contribution in [3.8, 4) is 0 Å². The molecule has 0 aliphatic heterocycles. The average molecular weight is 294 g/mol. The van der Waals surface area contributed by atoms with Crippen LogP contribution in [0.1, 0.15) is 11.3 Å². The lowest BCUT2D eigenvalue weighted by atomic mass is 10.2. The van der Waals surface area contributed by atoms with Gasteiger partial charge >= 0.3 is 6.18 Å². The van der Waals surface area contributed by atoms with Gasteiger partial charge in [-0.15, -0.1) is 0 Å². The molecule has 0 atom stereocenters. The molecule has 0 spiro atoms. The number of fused-ring (bicyclic) bond motifs is 1. The minimum Gasteiger partial charge on any atom is -0.383 e. The summed E-state index contributed by atoms with van der Waals surface area (Å²) >= 11 is 2.87. The summed E-state index contributed by atoms with van der Waals surface area (Å²) in [6, 6.07) is 0.966. The summed E-state index contributed by atoms with van der Waals surface area (Å²) in [5.41, 5.74) is 5.60. The summed E-state index contributed by atoms with van der Waals surface area (Å²) in [5.74, 6) is 0.337. The van der Waals surface area contributed by atoms with Crippen molar-refractivity contribution < 1.29 is 13.2 Å². The minimum absolute atomic E-state index is 0.0587. The van der Waals surface area contributed by atoms with Crippen LogP contribution in [0.2, 0.25) is 0 Å². The van der Waals surface area contributed by atoms with Gasteiger partial charge in [-0.1, -0.05) is 0 Å². The number of nitrogens with zero attached hydrogens (tertiary/aromatic N) is 2. The first kappa shape index (κ1) is 11.3. The monoisotopic (exact) mass is 293 g/mol. The zero-order valence-corrected chi connectivity index (χ0v) is 9.72. The van der Waals surface area contributed by atoms with Crippen LogP contribution in [0.25, 0.3) is 5.65 Å². The molecule has 16 heavy (non-hydrogen) atoms. The first-order valence-corrected chi connectivity index (χ1v) is 5.11. The third-order valence-electron chi connectivity index (χ3n) is 2.24. The Morgan fingerprint density at radius 1 is 1.44 bits per heavy atom. The maximum Gasteiger partial charge on any atom is 0.417 e. The smallest absolute Gasteiger partial charge is 0.383 e. The number of hydrogen-bond donors (Lipinski definition) is 1. The maximum absolute atomic E-state index is 12.6. The molecule has 0 bridgehead atoms. The van der Waals surface area contributed by atoms with Gasteiger partial charge in [-0.2, -0.15) is 13.2 Å². The maximum atomic E-state index is 12.6. The molecule has 0 aromatic carbocycles. The molecule has 2 aromatic heterocycles. The zero-order chi connectivity index (χ0) is 12.1. The van der Waals surface area contributed by atoms with Gasteiger partial charge in [0.15, 0.2) is 0 Å². The van der Waals surface area contributed by atoms with Gasteiger partial charge in [-0.3, -0.25) is 4.40 Å². The Hall–Kier alpha value is -1.24. The van der Waals surface area contributed by atoms with E-state index in [2.05, 4.69) is 20.9 Å². The van der Waals surface area contributed by atoms with Crippen molar-refractivity contribution in [2.24, 2.45) is 0 Å². The topological polar surface area (TPSA) is 43.3 Å². The average Bonchev–Trinajstić information content (AvgIpc) is 2.41. The molecule has 0 aliphatic carbocycles. The molecule has 0 saturated carbocycles. The molecule has 0 aliphatic rings. The Morgan fingerprint density at radius 3 is 2.62 bits per heavy atom. The van der Waals surface area contributed by atoms with Gasteiger partial charge < -0.3 is 5.73 Å². The van der Waals surface area contributed by atoms with E-state index < -0.39 is 11.7 Å². The fraction of sp³-hybridized carbons (Fsp3) is 0.222. The van der Waals surface area contributed by atoms with Crippen molar-refractivity contribution >= 4 is 27.4 Å². The highest BCUT2D eigenvalue weighted by atomic mass is 79.9. The Balaban J connectivity index is 2.78. The highest BCUT2D eigenvalue weighted by Gasteiger charge is 2.33. The quantitative estimate of drug-likeness (QED) is 0.811. The van der Waals surface area contributed by atoms with E-state index in [4.69, 9.17) is 5.73 Å². The van der Waals surface area contributed by atoms with Crippen LogP contribution in [0, 0.1) is 6.92 Å². The van der Waals surface area contributed by atoms with E-state index in [1.807, 2.05) is 0 Å². The van der Waals surface area contributed by atoms with Gasteiger partial charge in [-0.25, -0.2) is 4.98 Å². The predicted molar refractivity (Wildman–Crippen MR) is 57.0 cm³/mol. The standard InChI is InChI=1S/C9H7BrF3N3/c1-4-8(14)16-3-6(10)5(9(11,12)13)2-7(16)15-4/h2-3H,14H2,1H3. The molecule has 0 unspecified atom stereocenters. The van der Waals surface area contributed by atoms with Crippen LogP contribution in [0.3, 0.4) is 0 Å². The van der Waals surface area contributed by atoms with Crippen molar-refractivity contribution in [2.75, 3.05) is 5.73 Å². The molecule has 7 heteroatoms. The highest BCUT2D eigenvalue weighted by molar-refractivity contribution is 9.10. The van der Waals surface area contributed by atoms with Crippen LogP contribution >= 0.6 is 15.9 Å². The molecular weight excluding hydrogens is 287 g/mol.